The maximum absolute atomic E-state index is 11.5. The van der Waals surface area contributed by atoms with Crippen LogP contribution in [0, 0.1) is 5.92 Å². The highest BCUT2D eigenvalue weighted by molar-refractivity contribution is 5.91. The first kappa shape index (κ1) is 15.4. The summed E-state index contributed by atoms with van der Waals surface area (Å²) >= 11 is 0. The van der Waals surface area contributed by atoms with E-state index in [9.17, 15) is 4.79 Å². The minimum atomic E-state index is 0.224. The number of ether oxygens (including phenoxy) is 2. The lowest BCUT2D eigenvalue weighted by Gasteiger charge is -2.19. The first-order valence-electron chi connectivity index (χ1n) is 7.30. The van der Waals surface area contributed by atoms with Gasteiger partial charge in [0.25, 0.3) is 0 Å². The van der Waals surface area contributed by atoms with E-state index in [0.29, 0.717) is 12.3 Å². The molecule has 4 nitrogen and oxygen atoms in total. The summed E-state index contributed by atoms with van der Waals surface area (Å²) in [6, 6.07) is 5.94. The van der Waals surface area contributed by atoms with Crippen LogP contribution in [0.4, 0.5) is 0 Å². The van der Waals surface area contributed by atoms with E-state index in [1.807, 2.05) is 18.2 Å². The van der Waals surface area contributed by atoms with E-state index < -0.39 is 0 Å². The zero-order chi connectivity index (χ0) is 15.2. The third-order valence-corrected chi connectivity index (χ3v) is 3.67. The summed E-state index contributed by atoms with van der Waals surface area (Å²) in [5.74, 6) is 2.15. The molecule has 1 aliphatic carbocycles. The van der Waals surface area contributed by atoms with Crippen molar-refractivity contribution in [3.63, 3.8) is 0 Å². The molecule has 0 unspecified atom stereocenters. The van der Waals surface area contributed by atoms with Gasteiger partial charge in [0, 0.05) is 24.7 Å². The van der Waals surface area contributed by atoms with Gasteiger partial charge in [0.2, 0.25) is 0 Å². The largest absolute Gasteiger partial charge is 0.493 e. The number of ketones is 1. The van der Waals surface area contributed by atoms with Gasteiger partial charge in [0.1, 0.15) is 0 Å². The molecule has 0 aliphatic heterocycles. The molecule has 4 heteroatoms. The van der Waals surface area contributed by atoms with Crippen LogP contribution in [0.15, 0.2) is 30.0 Å². The van der Waals surface area contributed by atoms with Crippen molar-refractivity contribution >= 4 is 5.78 Å². The molecule has 0 radical (unpaired) electrons. The fourth-order valence-corrected chi connectivity index (χ4v) is 2.63. The zero-order valence-electron chi connectivity index (χ0n) is 12.9. The number of carbonyl (C=O) groups is 1. The highest BCUT2D eigenvalue weighted by Crippen LogP contribution is 2.27. The normalized spacial score (nSPS) is 18.1. The zero-order valence-corrected chi connectivity index (χ0v) is 12.9. The third kappa shape index (κ3) is 4.25. The average molecular weight is 289 g/mol. The SMILES string of the molecule is COc1ccc(CCNC2=CC(=O)C[C@@H](C)C2)cc1OC. The molecule has 1 aliphatic rings. The Balaban J connectivity index is 1.90. The minimum absolute atomic E-state index is 0.224. The maximum Gasteiger partial charge on any atom is 0.160 e. The molecule has 0 fully saturated rings. The van der Waals surface area contributed by atoms with Crippen molar-refractivity contribution < 1.29 is 14.3 Å². The molecule has 114 valence electrons. The van der Waals surface area contributed by atoms with E-state index >= 15 is 0 Å². The molecular weight excluding hydrogens is 266 g/mol. The van der Waals surface area contributed by atoms with Crippen LogP contribution in [0.3, 0.4) is 0 Å². The Kier molecular flexibility index (Phi) is 5.26. The first-order chi connectivity index (χ1) is 10.1. The minimum Gasteiger partial charge on any atom is -0.493 e. The summed E-state index contributed by atoms with van der Waals surface area (Å²) in [6.07, 6.45) is 4.24. The Morgan fingerprint density at radius 1 is 1.19 bits per heavy atom. The Morgan fingerprint density at radius 3 is 2.62 bits per heavy atom. The summed E-state index contributed by atoms with van der Waals surface area (Å²) in [6.45, 7) is 2.92. The Morgan fingerprint density at radius 2 is 1.95 bits per heavy atom. The second kappa shape index (κ2) is 7.16. The number of rotatable bonds is 6. The molecule has 1 aromatic rings. The molecule has 0 spiro atoms. The molecule has 0 aromatic heterocycles. The van der Waals surface area contributed by atoms with Crippen LogP contribution in [0.5, 0.6) is 11.5 Å². The molecule has 1 aromatic carbocycles. The van der Waals surface area contributed by atoms with E-state index in [-0.39, 0.29) is 5.78 Å². The molecule has 21 heavy (non-hydrogen) atoms. The number of allylic oxidation sites excluding steroid dienone is 2. The topological polar surface area (TPSA) is 47.6 Å². The van der Waals surface area contributed by atoms with Crippen LogP contribution >= 0.6 is 0 Å². The number of hydrogen-bond acceptors (Lipinski definition) is 4. The first-order valence-corrected chi connectivity index (χ1v) is 7.30. The van der Waals surface area contributed by atoms with Crippen molar-refractivity contribution in [2.75, 3.05) is 20.8 Å². The van der Waals surface area contributed by atoms with Gasteiger partial charge in [0.15, 0.2) is 17.3 Å². The van der Waals surface area contributed by atoms with Crippen molar-refractivity contribution in [1.82, 2.24) is 5.32 Å². The number of benzene rings is 1. The second-order valence-electron chi connectivity index (χ2n) is 5.52. The van der Waals surface area contributed by atoms with E-state index in [2.05, 4.69) is 12.2 Å². The van der Waals surface area contributed by atoms with Gasteiger partial charge in [-0.25, -0.2) is 0 Å². The molecule has 0 heterocycles. The van der Waals surface area contributed by atoms with Crippen molar-refractivity contribution in [1.29, 1.82) is 0 Å². The molecule has 0 amide bonds. The van der Waals surface area contributed by atoms with E-state index in [1.165, 1.54) is 5.56 Å². The molecule has 0 bridgehead atoms. The number of methoxy groups -OCH3 is 2. The van der Waals surface area contributed by atoms with Crippen LogP contribution in [0.2, 0.25) is 0 Å². The number of hydrogen-bond donors (Lipinski definition) is 1. The van der Waals surface area contributed by atoms with Crippen LogP contribution in [0.1, 0.15) is 25.3 Å². The summed E-state index contributed by atoms with van der Waals surface area (Å²) in [7, 11) is 3.27. The lowest BCUT2D eigenvalue weighted by Crippen LogP contribution is -2.23. The van der Waals surface area contributed by atoms with Crippen molar-refractivity contribution in [3.05, 3.63) is 35.5 Å². The Labute approximate surface area is 126 Å². The fourth-order valence-electron chi connectivity index (χ4n) is 2.63. The van der Waals surface area contributed by atoms with Gasteiger partial charge in [0.05, 0.1) is 14.2 Å². The molecule has 1 atom stereocenters. The summed E-state index contributed by atoms with van der Waals surface area (Å²) < 4.78 is 10.5. The van der Waals surface area contributed by atoms with Crippen LogP contribution in [-0.4, -0.2) is 26.5 Å². The molecule has 0 saturated heterocycles. The standard InChI is InChI=1S/C17H23NO3/c1-12-8-14(11-15(19)9-12)18-7-6-13-4-5-16(20-2)17(10-13)21-3/h4-5,10-12,18H,6-9H2,1-3H3/t12-/m0/s1. The Hall–Kier alpha value is -1.97. The molecule has 0 saturated carbocycles. The summed E-state index contributed by atoms with van der Waals surface area (Å²) in [5.41, 5.74) is 2.23. The van der Waals surface area contributed by atoms with Crippen LogP contribution in [0.25, 0.3) is 0 Å². The maximum atomic E-state index is 11.5. The monoisotopic (exact) mass is 289 g/mol. The van der Waals surface area contributed by atoms with Gasteiger partial charge < -0.3 is 14.8 Å². The lowest BCUT2D eigenvalue weighted by molar-refractivity contribution is -0.115. The predicted octanol–water partition coefficient (Wildman–Crippen LogP) is 2.72. The van der Waals surface area contributed by atoms with Gasteiger partial charge in [-0.05, 0) is 36.5 Å². The van der Waals surface area contributed by atoms with Gasteiger partial charge in [-0.3, -0.25) is 4.79 Å². The van der Waals surface area contributed by atoms with Gasteiger partial charge in [-0.1, -0.05) is 13.0 Å². The molecule has 2 rings (SSSR count). The highest BCUT2D eigenvalue weighted by Gasteiger charge is 2.16. The molecular formula is C17H23NO3. The summed E-state index contributed by atoms with van der Waals surface area (Å²) in [5, 5.41) is 3.37. The fraction of sp³-hybridized carbons (Fsp3) is 0.471. The third-order valence-electron chi connectivity index (χ3n) is 3.67. The predicted molar refractivity (Wildman–Crippen MR) is 82.7 cm³/mol. The highest BCUT2D eigenvalue weighted by atomic mass is 16.5. The van der Waals surface area contributed by atoms with Crippen LogP contribution < -0.4 is 14.8 Å². The summed E-state index contributed by atoms with van der Waals surface area (Å²) in [4.78, 5) is 11.5. The van der Waals surface area contributed by atoms with E-state index in [4.69, 9.17) is 9.47 Å². The average Bonchev–Trinajstić information content (AvgIpc) is 2.46. The number of nitrogens with one attached hydrogen (secondary N) is 1. The lowest BCUT2D eigenvalue weighted by atomic mass is 9.93. The van der Waals surface area contributed by atoms with Gasteiger partial charge in [-0.2, -0.15) is 0 Å². The van der Waals surface area contributed by atoms with E-state index in [1.54, 1.807) is 20.3 Å². The van der Waals surface area contributed by atoms with Crippen molar-refractivity contribution in [2.24, 2.45) is 5.92 Å². The quantitative estimate of drug-likeness (QED) is 0.874. The number of carbonyl (C=O) groups excluding carboxylic acids is 1. The smallest absolute Gasteiger partial charge is 0.160 e. The van der Waals surface area contributed by atoms with E-state index in [0.717, 1.165) is 36.6 Å². The van der Waals surface area contributed by atoms with Gasteiger partial charge in [-0.15, -0.1) is 0 Å². The van der Waals surface area contributed by atoms with Crippen molar-refractivity contribution in [3.8, 4) is 11.5 Å². The molecule has 1 N–H and O–H groups in total. The van der Waals surface area contributed by atoms with Crippen LogP contribution in [-0.2, 0) is 11.2 Å². The van der Waals surface area contributed by atoms with Gasteiger partial charge >= 0.3 is 0 Å². The van der Waals surface area contributed by atoms with Crippen molar-refractivity contribution in [2.45, 2.75) is 26.2 Å². The second-order valence-corrected chi connectivity index (χ2v) is 5.52. The Bertz CT molecular complexity index is 537.